The fourth-order valence-electron chi connectivity index (χ4n) is 6.17. The molecule has 4 aromatic rings. The number of carbonyl (C=O) groups excluding carboxylic acids is 1. The molecule has 0 fully saturated rings. The lowest BCUT2D eigenvalue weighted by Gasteiger charge is -2.34. The summed E-state index contributed by atoms with van der Waals surface area (Å²) in [5.41, 5.74) is 3.12. The summed E-state index contributed by atoms with van der Waals surface area (Å²) in [6.07, 6.45) is 3.70. The molecule has 0 amide bonds. The van der Waals surface area contributed by atoms with Gasteiger partial charge in [-0.05, 0) is 51.1 Å². The molecule has 0 saturated carbocycles. The lowest BCUT2D eigenvalue weighted by Crippen LogP contribution is -2.34. The van der Waals surface area contributed by atoms with E-state index in [4.69, 9.17) is 24.0 Å². The summed E-state index contributed by atoms with van der Waals surface area (Å²) in [5.74, 6) is 1.13. The van der Waals surface area contributed by atoms with Crippen LogP contribution in [0, 0.1) is 13.8 Å². The number of allylic oxidation sites excluding steroid dienone is 1. The highest BCUT2D eigenvalue weighted by Gasteiger charge is 2.55. The summed E-state index contributed by atoms with van der Waals surface area (Å²) in [7, 11) is 4.55. The van der Waals surface area contributed by atoms with Gasteiger partial charge in [-0.25, -0.2) is 4.68 Å². The van der Waals surface area contributed by atoms with Gasteiger partial charge in [-0.1, -0.05) is 30.3 Å². The van der Waals surface area contributed by atoms with Gasteiger partial charge < -0.3 is 29.2 Å². The van der Waals surface area contributed by atoms with Gasteiger partial charge in [0.2, 0.25) is 0 Å². The Morgan fingerprint density at radius 1 is 1.02 bits per heavy atom. The number of hydrogen-bond donors (Lipinski definition) is 2. The number of ketones is 1. The number of aryl methyl sites for hydroxylation is 1. The minimum atomic E-state index is -1.13. The van der Waals surface area contributed by atoms with Crippen molar-refractivity contribution in [2.75, 3.05) is 21.3 Å². The third kappa shape index (κ3) is 4.03. The van der Waals surface area contributed by atoms with Crippen LogP contribution in [0.15, 0.2) is 60.4 Å². The SMILES string of the molecule is COc1cccc(/C=C/C(=O)c2c(O)c(C)c(OC)c3c2OC2=Cc4c(c(C)nn4-c4ccccc4)[C@H](O)[C@]23C)c1OC. The first-order valence-corrected chi connectivity index (χ1v) is 13.8. The maximum absolute atomic E-state index is 13.8. The fourth-order valence-corrected chi connectivity index (χ4v) is 6.17. The number of phenolic OH excluding ortho intramolecular Hbond substituents is 1. The lowest BCUT2D eigenvalue weighted by atomic mass is 9.70. The third-order valence-corrected chi connectivity index (χ3v) is 8.39. The van der Waals surface area contributed by atoms with Gasteiger partial charge in [-0.15, -0.1) is 0 Å². The maximum Gasteiger partial charge on any atom is 0.193 e. The molecule has 0 spiro atoms. The van der Waals surface area contributed by atoms with Gasteiger partial charge in [-0.2, -0.15) is 5.10 Å². The molecule has 0 radical (unpaired) electrons. The van der Waals surface area contributed by atoms with Gasteiger partial charge in [-0.3, -0.25) is 4.79 Å². The summed E-state index contributed by atoms with van der Waals surface area (Å²) in [4.78, 5) is 13.8. The van der Waals surface area contributed by atoms with Gasteiger partial charge in [0.1, 0.15) is 28.6 Å². The molecule has 1 aromatic heterocycles. The van der Waals surface area contributed by atoms with Gasteiger partial charge in [0.15, 0.2) is 17.3 Å². The number of aliphatic hydroxyl groups excluding tert-OH is 1. The predicted octanol–water partition coefficient (Wildman–Crippen LogP) is 5.85. The molecule has 9 nitrogen and oxygen atoms in total. The largest absolute Gasteiger partial charge is 0.507 e. The van der Waals surface area contributed by atoms with Crippen LogP contribution in [0.1, 0.15) is 57.0 Å². The maximum atomic E-state index is 13.8. The van der Waals surface area contributed by atoms with E-state index in [1.165, 1.54) is 27.4 Å². The lowest BCUT2D eigenvalue weighted by molar-refractivity contribution is 0.0966. The topological polar surface area (TPSA) is 112 Å². The van der Waals surface area contributed by atoms with Crippen molar-refractivity contribution in [3.8, 4) is 34.4 Å². The molecule has 0 bridgehead atoms. The zero-order valence-electron chi connectivity index (χ0n) is 24.8. The number of hydrogen-bond acceptors (Lipinski definition) is 8. The van der Waals surface area contributed by atoms with Crippen LogP contribution in [0.25, 0.3) is 17.8 Å². The van der Waals surface area contributed by atoms with Gasteiger partial charge >= 0.3 is 0 Å². The van der Waals surface area contributed by atoms with Crippen molar-refractivity contribution in [2.24, 2.45) is 0 Å². The van der Waals surface area contributed by atoms with Crippen molar-refractivity contribution in [1.29, 1.82) is 0 Å². The molecule has 43 heavy (non-hydrogen) atoms. The summed E-state index contributed by atoms with van der Waals surface area (Å²) < 4.78 is 24.8. The summed E-state index contributed by atoms with van der Waals surface area (Å²) in [5, 5.41) is 28.1. The van der Waals surface area contributed by atoms with E-state index in [2.05, 4.69) is 0 Å². The summed E-state index contributed by atoms with van der Waals surface area (Å²) in [6.45, 7) is 5.37. The number of para-hydroxylation sites is 2. The van der Waals surface area contributed by atoms with Gasteiger partial charge in [0.25, 0.3) is 0 Å². The average molecular weight is 581 g/mol. The Kier molecular flexibility index (Phi) is 6.77. The number of aromatic nitrogens is 2. The number of aromatic hydroxyl groups is 1. The number of rotatable bonds is 7. The van der Waals surface area contributed by atoms with Gasteiger partial charge in [0, 0.05) is 22.8 Å². The Balaban J connectivity index is 1.52. The van der Waals surface area contributed by atoms with Crippen LogP contribution in [0.2, 0.25) is 0 Å². The van der Waals surface area contributed by atoms with Crippen LogP contribution in [0.3, 0.4) is 0 Å². The number of ether oxygens (including phenoxy) is 4. The van der Waals surface area contributed by atoms with E-state index in [0.29, 0.717) is 56.6 Å². The highest BCUT2D eigenvalue weighted by Crippen LogP contribution is 2.62. The smallest absolute Gasteiger partial charge is 0.193 e. The van der Waals surface area contributed by atoms with E-state index in [1.54, 1.807) is 35.9 Å². The molecule has 3 aromatic carbocycles. The average Bonchev–Trinajstić information content (AvgIpc) is 3.51. The Morgan fingerprint density at radius 3 is 2.42 bits per heavy atom. The molecule has 2 N–H and O–H groups in total. The zero-order chi connectivity index (χ0) is 30.6. The number of phenols is 1. The molecule has 2 aliphatic rings. The predicted molar refractivity (Wildman–Crippen MR) is 162 cm³/mol. The number of nitrogens with zero attached hydrogens (tertiary/aromatic N) is 2. The molecule has 9 heteroatoms. The number of benzene rings is 3. The number of carbonyl (C=O) groups is 1. The quantitative estimate of drug-likeness (QED) is 0.207. The molecule has 1 aliphatic heterocycles. The highest BCUT2D eigenvalue weighted by molar-refractivity contribution is 6.12. The van der Waals surface area contributed by atoms with E-state index >= 15 is 0 Å². The highest BCUT2D eigenvalue weighted by atomic mass is 16.5. The van der Waals surface area contributed by atoms with Crippen molar-refractivity contribution in [3.05, 3.63) is 99.6 Å². The Labute approximate surface area is 249 Å². The van der Waals surface area contributed by atoms with Crippen molar-refractivity contribution in [1.82, 2.24) is 9.78 Å². The molecule has 6 rings (SSSR count). The fraction of sp³-hybridized carbons (Fsp3) is 0.235. The number of methoxy groups -OCH3 is 3. The standard InChI is InChI=1S/C34H32N2O7/c1-18-29(38)27(23(37)16-15-20-11-10-14-24(40-4)31(20)42-6)32-28(30(18)41-5)34(3)25(43-32)17-22-26(33(34)39)19(2)35-36(22)21-12-8-7-9-13-21/h7-17,33,38-39H,1-6H3/b16-15+/t33-,34+/m0/s1. The second-order valence-electron chi connectivity index (χ2n) is 10.7. The number of aliphatic hydroxyl groups is 1. The Bertz CT molecular complexity index is 1840. The second kappa shape index (κ2) is 10.4. The van der Waals surface area contributed by atoms with E-state index < -0.39 is 17.3 Å². The van der Waals surface area contributed by atoms with Crippen LogP contribution < -0.4 is 18.9 Å². The molecular formula is C34H32N2O7. The van der Waals surface area contributed by atoms with Crippen LogP contribution in [0.5, 0.6) is 28.7 Å². The first-order chi connectivity index (χ1) is 20.7. The number of fused-ring (bicyclic) bond motifs is 4. The molecule has 0 saturated heterocycles. The molecule has 0 unspecified atom stereocenters. The zero-order valence-corrected chi connectivity index (χ0v) is 24.8. The molecule has 220 valence electrons. The third-order valence-electron chi connectivity index (χ3n) is 8.39. The van der Waals surface area contributed by atoms with E-state index in [-0.39, 0.29) is 17.1 Å². The Morgan fingerprint density at radius 2 is 1.74 bits per heavy atom. The van der Waals surface area contributed by atoms with E-state index in [0.717, 1.165) is 5.69 Å². The normalized spacial score (nSPS) is 18.4. The van der Waals surface area contributed by atoms with Crippen molar-refractivity contribution >= 4 is 17.9 Å². The van der Waals surface area contributed by atoms with Crippen molar-refractivity contribution < 1.29 is 34.0 Å². The Hall–Kier alpha value is -5.02. The molecular weight excluding hydrogens is 548 g/mol. The molecule has 2 atom stereocenters. The first kappa shape index (κ1) is 28.1. The first-order valence-electron chi connectivity index (χ1n) is 13.8. The second-order valence-corrected chi connectivity index (χ2v) is 10.7. The summed E-state index contributed by atoms with van der Waals surface area (Å²) >= 11 is 0. The van der Waals surface area contributed by atoms with Gasteiger partial charge in [0.05, 0.1) is 55.5 Å². The monoisotopic (exact) mass is 580 g/mol. The van der Waals surface area contributed by atoms with E-state index in [1.807, 2.05) is 50.3 Å². The van der Waals surface area contributed by atoms with Crippen LogP contribution >= 0.6 is 0 Å². The van der Waals surface area contributed by atoms with Crippen molar-refractivity contribution in [3.63, 3.8) is 0 Å². The minimum absolute atomic E-state index is 0.0272. The van der Waals surface area contributed by atoms with Crippen molar-refractivity contribution in [2.45, 2.75) is 32.3 Å². The minimum Gasteiger partial charge on any atom is -0.507 e. The van der Waals surface area contributed by atoms with Crippen LogP contribution in [-0.2, 0) is 5.41 Å². The van der Waals surface area contributed by atoms with Crippen LogP contribution in [0.4, 0.5) is 0 Å². The molecule has 2 heterocycles. The summed E-state index contributed by atoms with van der Waals surface area (Å²) in [6, 6.07) is 15.0. The van der Waals surface area contributed by atoms with E-state index in [9.17, 15) is 15.0 Å². The molecule has 1 aliphatic carbocycles. The van der Waals surface area contributed by atoms with Crippen LogP contribution in [-0.4, -0.2) is 47.1 Å².